The summed E-state index contributed by atoms with van der Waals surface area (Å²) < 4.78 is 10.5. The number of carbonyl (C=O) groups excluding carboxylic acids is 3. The predicted molar refractivity (Wildman–Crippen MR) is 144 cm³/mol. The molecule has 0 spiro atoms. The zero-order chi connectivity index (χ0) is 29.7. The molecule has 3 atom stereocenters. The second-order valence-electron chi connectivity index (χ2n) is 9.29. The highest BCUT2D eigenvalue weighted by Crippen LogP contribution is 2.47. The standard InChI is InChI=1S/C26H26N4O10S/c1-15(31)22-20-12-21(41-11-10-27-26(34)40-14-17-4-8-19(9-5-17)30(37)38)23(28(20)24(22)32)25(33)39-13-16-2-6-18(7-3-16)29(35)36/h2-9,15,20,22,31H,10-14H2,1H3,(H,27,34)/t15-,20-,22-/m1/s1. The molecular formula is C26H26N4O10S. The van der Waals surface area contributed by atoms with Crippen LogP contribution in [0.3, 0.4) is 0 Å². The Bertz CT molecular complexity index is 1380. The molecule has 1 fully saturated rings. The first-order valence-electron chi connectivity index (χ1n) is 12.5. The maximum absolute atomic E-state index is 13.1. The average Bonchev–Trinajstić information content (AvgIpc) is 3.27. The molecule has 1 saturated heterocycles. The van der Waals surface area contributed by atoms with E-state index in [2.05, 4.69) is 5.32 Å². The lowest BCUT2D eigenvalue weighted by atomic mass is 9.83. The maximum Gasteiger partial charge on any atom is 0.407 e. The van der Waals surface area contributed by atoms with Crippen molar-refractivity contribution in [3.63, 3.8) is 0 Å². The van der Waals surface area contributed by atoms with E-state index < -0.39 is 33.9 Å². The highest BCUT2D eigenvalue weighted by Gasteiger charge is 2.57. The van der Waals surface area contributed by atoms with Gasteiger partial charge in [-0.1, -0.05) is 0 Å². The molecule has 216 valence electrons. The maximum atomic E-state index is 13.1. The molecule has 2 N–H and O–H groups in total. The first-order chi connectivity index (χ1) is 19.6. The van der Waals surface area contributed by atoms with Crippen molar-refractivity contribution in [2.24, 2.45) is 5.92 Å². The summed E-state index contributed by atoms with van der Waals surface area (Å²) in [4.78, 5) is 60.3. The van der Waals surface area contributed by atoms with Gasteiger partial charge in [-0.15, -0.1) is 11.8 Å². The normalized spacial score (nSPS) is 18.3. The summed E-state index contributed by atoms with van der Waals surface area (Å²) in [6.07, 6.45) is -1.24. The van der Waals surface area contributed by atoms with Crippen LogP contribution in [0.15, 0.2) is 59.1 Å². The molecule has 2 aromatic rings. The third-order valence-corrected chi connectivity index (χ3v) is 7.68. The summed E-state index contributed by atoms with van der Waals surface area (Å²) in [5.41, 5.74) is 1.03. The summed E-state index contributed by atoms with van der Waals surface area (Å²) in [5.74, 6) is -1.41. The van der Waals surface area contributed by atoms with Crippen molar-refractivity contribution >= 4 is 41.1 Å². The number of amides is 2. The molecule has 4 rings (SSSR count). The van der Waals surface area contributed by atoms with E-state index in [0.717, 1.165) is 0 Å². The zero-order valence-corrected chi connectivity index (χ0v) is 22.6. The van der Waals surface area contributed by atoms with Crippen molar-refractivity contribution in [2.45, 2.75) is 38.7 Å². The van der Waals surface area contributed by atoms with Crippen LogP contribution < -0.4 is 5.32 Å². The topological polar surface area (TPSA) is 191 Å². The number of esters is 1. The molecule has 15 heteroatoms. The van der Waals surface area contributed by atoms with Crippen molar-refractivity contribution in [1.29, 1.82) is 0 Å². The van der Waals surface area contributed by atoms with Gasteiger partial charge in [0, 0.05) is 47.9 Å². The Labute approximate surface area is 237 Å². The van der Waals surface area contributed by atoms with Gasteiger partial charge in [0.25, 0.3) is 11.4 Å². The summed E-state index contributed by atoms with van der Waals surface area (Å²) in [5, 5.41) is 34.2. The van der Waals surface area contributed by atoms with E-state index in [1.54, 1.807) is 0 Å². The molecule has 0 unspecified atom stereocenters. The lowest BCUT2D eigenvalue weighted by Gasteiger charge is -2.44. The molecule has 2 amide bonds. The third-order valence-electron chi connectivity index (χ3n) is 6.56. The van der Waals surface area contributed by atoms with Crippen molar-refractivity contribution < 1.29 is 38.8 Å². The molecule has 41 heavy (non-hydrogen) atoms. The van der Waals surface area contributed by atoms with Crippen LogP contribution in [-0.4, -0.2) is 62.3 Å². The minimum atomic E-state index is -0.891. The number of ether oxygens (including phenoxy) is 2. The second kappa shape index (κ2) is 12.8. The minimum Gasteiger partial charge on any atom is -0.456 e. The van der Waals surface area contributed by atoms with Crippen LogP contribution in [-0.2, 0) is 32.3 Å². The Hall–Kier alpha value is -4.50. The van der Waals surface area contributed by atoms with Gasteiger partial charge in [-0.3, -0.25) is 25.0 Å². The van der Waals surface area contributed by atoms with Crippen LogP contribution >= 0.6 is 11.8 Å². The van der Waals surface area contributed by atoms with Crippen LogP contribution in [0.25, 0.3) is 0 Å². The van der Waals surface area contributed by atoms with E-state index in [0.29, 0.717) is 28.2 Å². The van der Waals surface area contributed by atoms with Crippen molar-refractivity contribution in [3.8, 4) is 0 Å². The van der Waals surface area contributed by atoms with Gasteiger partial charge in [0.2, 0.25) is 5.91 Å². The molecule has 0 aliphatic carbocycles. The van der Waals surface area contributed by atoms with Gasteiger partial charge < -0.3 is 24.8 Å². The van der Waals surface area contributed by atoms with Crippen molar-refractivity contribution in [1.82, 2.24) is 10.2 Å². The lowest BCUT2D eigenvalue weighted by Crippen LogP contribution is -2.61. The van der Waals surface area contributed by atoms with Crippen LogP contribution in [0.5, 0.6) is 0 Å². The van der Waals surface area contributed by atoms with Gasteiger partial charge in [-0.2, -0.15) is 0 Å². The SMILES string of the molecule is C[C@@H](O)[C@H]1C(=O)N2C(C(=O)OCc3ccc([N+](=O)[O-])cc3)=C(SCCNC(=O)OCc3ccc([N+](=O)[O-])cc3)C[C@H]12. The number of nitrogens with zero attached hydrogens (tertiary/aromatic N) is 3. The number of fused-ring (bicyclic) bond motifs is 1. The number of carbonyl (C=O) groups is 3. The number of non-ortho nitro benzene ring substituents is 2. The van der Waals surface area contributed by atoms with Crippen LogP contribution in [0.4, 0.5) is 16.2 Å². The molecule has 0 radical (unpaired) electrons. The largest absolute Gasteiger partial charge is 0.456 e. The van der Waals surface area contributed by atoms with Gasteiger partial charge >= 0.3 is 12.1 Å². The number of hydrogen-bond donors (Lipinski definition) is 2. The fourth-order valence-electron chi connectivity index (χ4n) is 4.52. The number of aliphatic hydroxyl groups excluding tert-OH is 1. The first-order valence-corrected chi connectivity index (χ1v) is 13.5. The summed E-state index contributed by atoms with van der Waals surface area (Å²) in [7, 11) is 0. The molecule has 2 aliphatic heterocycles. The third kappa shape index (κ3) is 6.81. The van der Waals surface area contributed by atoms with Gasteiger partial charge in [0.05, 0.1) is 27.9 Å². The Morgan fingerprint density at radius 1 is 1.02 bits per heavy atom. The van der Waals surface area contributed by atoms with Crippen LogP contribution in [0.2, 0.25) is 0 Å². The van der Waals surface area contributed by atoms with Crippen molar-refractivity contribution in [3.05, 3.63) is 90.5 Å². The zero-order valence-electron chi connectivity index (χ0n) is 21.8. The highest BCUT2D eigenvalue weighted by molar-refractivity contribution is 8.03. The van der Waals surface area contributed by atoms with E-state index >= 15 is 0 Å². The number of alkyl carbamates (subject to hydrolysis) is 1. The average molecular weight is 587 g/mol. The smallest absolute Gasteiger partial charge is 0.407 e. The number of benzene rings is 2. The van der Waals surface area contributed by atoms with E-state index in [-0.39, 0.29) is 48.8 Å². The second-order valence-corrected chi connectivity index (χ2v) is 10.5. The van der Waals surface area contributed by atoms with Crippen molar-refractivity contribution in [2.75, 3.05) is 12.3 Å². The van der Waals surface area contributed by atoms with Gasteiger partial charge in [0.15, 0.2) is 0 Å². The molecule has 0 saturated carbocycles. The fraction of sp³-hybridized carbons (Fsp3) is 0.346. The van der Waals surface area contributed by atoms with Gasteiger partial charge in [-0.25, -0.2) is 9.59 Å². The molecular weight excluding hydrogens is 560 g/mol. The Kier molecular flexibility index (Phi) is 9.19. The summed E-state index contributed by atoms with van der Waals surface area (Å²) in [6, 6.07) is 10.8. The molecule has 2 aliphatic rings. The predicted octanol–water partition coefficient (Wildman–Crippen LogP) is 3.03. The number of nitro benzene ring substituents is 2. The summed E-state index contributed by atoms with van der Waals surface area (Å²) in [6.45, 7) is 1.46. The molecule has 0 aromatic heterocycles. The Morgan fingerprint density at radius 3 is 2.07 bits per heavy atom. The molecule has 2 aromatic carbocycles. The van der Waals surface area contributed by atoms with Gasteiger partial charge in [-0.05, 0) is 42.3 Å². The Balaban J connectivity index is 1.32. The quantitative estimate of drug-likeness (QED) is 0.122. The van der Waals surface area contributed by atoms with E-state index in [4.69, 9.17) is 9.47 Å². The number of hydrogen-bond acceptors (Lipinski definition) is 11. The number of rotatable bonds is 12. The molecule has 14 nitrogen and oxygen atoms in total. The Morgan fingerprint density at radius 2 is 1.56 bits per heavy atom. The van der Waals surface area contributed by atoms with E-state index in [9.17, 15) is 39.7 Å². The minimum absolute atomic E-state index is 0.0720. The number of thioether (sulfide) groups is 1. The van der Waals surface area contributed by atoms with Gasteiger partial charge in [0.1, 0.15) is 18.9 Å². The number of nitro groups is 2. The van der Waals surface area contributed by atoms with E-state index in [1.165, 1.54) is 72.1 Å². The molecule has 2 heterocycles. The highest BCUT2D eigenvalue weighted by atomic mass is 32.2. The van der Waals surface area contributed by atoms with Crippen LogP contribution in [0.1, 0.15) is 24.5 Å². The number of β-lactam (4-membered cyclic amide) rings is 1. The van der Waals surface area contributed by atoms with Crippen LogP contribution in [0, 0.1) is 26.1 Å². The summed E-state index contributed by atoms with van der Waals surface area (Å²) >= 11 is 1.27. The molecule has 0 bridgehead atoms. The monoisotopic (exact) mass is 586 g/mol. The number of aliphatic hydroxyl groups is 1. The lowest BCUT2D eigenvalue weighted by molar-refractivity contribution is -0.385. The number of nitrogens with one attached hydrogen (secondary N) is 1. The van der Waals surface area contributed by atoms with E-state index in [1.807, 2.05) is 0 Å². The first kappa shape index (κ1) is 29.5. The fourth-order valence-corrected chi connectivity index (χ4v) is 5.58.